The van der Waals surface area contributed by atoms with Crippen LogP contribution in [0.2, 0.25) is 5.15 Å². The number of benzene rings is 1. The number of aromatic nitrogens is 2. The highest BCUT2D eigenvalue weighted by Gasteiger charge is 2.08. The quantitative estimate of drug-likeness (QED) is 0.924. The first-order valence-corrected chi connectivity index (χ1v) is 5.85. The second-order valence-electron chi connectivity index (χ2n) is 3.91. The molecule has 0 spiro atoms. The van der Waals surface area contributed by atoms with Gasteiger partial charge in [-0.25, -0.2) is 9.97 Å². The summed E-state index contributed by atoms with van der Waals surface area (Å²) in [6, 6.07) is 7.79. The van der Waals surface area contributed by atoms with Crippen LogP contribution in [0.4, 0.5) is 5.82 Å². The lowest BCUT2D eigenvalue weighted by atomic mass is 10.1. The van der Waals surface area contributed by atoms with E-state index in [1.807, 2.05) is 31.2 Å². The minimum atomic E-state index is -0.164. The molecule has 0 saturated heterocycles. The van der Waals surface area contributed by atoms with E-state index in [4.69, 9.17) is 11.6 Å². The van der Waals surface area contributed by atoms with E-state index >= 15 is 0 Å². The Hall–Kier alpha value is -1.94. The topological polar surface area (TPSA) is 54.9 Å². The highest BCUT2D eigenvalue weighted by Crippen LogP contribution is 2.14. The third-order valence-electron chi connectivity index (χ3n) is 2.36. The van der Waals surface area contributed by atoms with Gasteiger partial charge in [-0.15, -0.1) is 0 Å². The van der Waals surface area contributed by atoms with Crippen LogP contribution >= 0.6 is 11.6 Å². The molecule has 4 nitrogen and oxygen atoms in total. The van der Waals surface area contributed by atoms with Crippen molar-refractivity contribution in [2.24, 2.45) is 0 Å². The second-order valence-corrected chi connectivity index (χ2v) is 4.27. The number of rotatable bonds is 3. The van der Waals surface area contributed by atoms with Gasteiger partial charge in [0.15, 0.2) is 11.0 Å². The number of amides is 1. The number of hydrogen-bond donors (Lipinski definition) is 1. The fourth-order valence-corrected chi connectivity index (χ4v) is 1.74. The maximum Gasteiger partial charge on any atom is 0.230 e. The number of nitrogens with zero attached hydrogens (tertiary/aromatic N) is 2. The summed E-state index contributed by atoms with van der Waals surface area (Å²) in [5, 5.41) is 2.82. The summed E-state index contributed by atoms with van der Waals surface area (Å²) in [7, 11) is 0. The normalized spacial score (nSPS) is 10.1. The summed E-state index contributed by atoms with van der Waals surface area (Å²) in [4.78, 5) is 19.6. The molecule has 0 aliphatic heterocycles. The summed E-state index contributed by atoms with van der Waals surface area (Å²) >= 11 is 5.81. The molecule has 1 heterocycles. The lowest BCUT2D eigenvalue weighted by Crippen LogP contribution is -2.15. The standard InChI is InChI=1S/C13H12ClN3O/c1-9-3-2-4-10(7-9)8-11(18)17-13-12(14)15-5-6-16-13/h2-7H,8H2,1H3,(H,16,17,18). The van der Waals surface area contributed by atoms with Crippen molar-refractivity contribution in [3.63, 3.8) is 0 Å². The van der Waals surface area contributed by atoms with Gasteiger partial charge < -0.3 is 5.32 Å². The van der Waals surface area contributed by atoms with E-state index in [0.717, 1.165) is 11.1 Å². The zero-order valence-corrected chi connectivity index (χ0v) is 10.6. The Morgan fingerprint density at radius 3 is 2.83 bits per heavy atom. The smallest absolute Gasteiger partial charge is 0.230 e. The van der Waals surface area contributed by atoms with Crippen LogP contribution in [0.5, 0.6) is 0 Å². The zero-order valence-electron chi connectivity index (χ0n) is 9.85. The number of hydrogen-bond acceptors (Lipinski definition) is 3. The summed E-state index contributed by atoms with van der Waals surface area (Å²) < 4.78 is 0. The van der Waals surface area contributed by atoms with Gasteiger partial charge in [-0.1, -0.05) is 41.4 Å². The van der Waals surface area contributed by atoms with Crippen LogP contribution in [-0.4, -0.2) is 15.9 Å². The van der Waals surface area contributed by atoms with Crippen LogP contribution in [0.1, 0.15) is 11.1 Å². The van der Waals surface area contributed by atoms with Gasteiger partial charge in [0.2, 0.25) is 5.91 Å². The largest absolute Gasteiger partial charge is 0.308 e. The van der Waals surface area contributed by atoms with Gasteiger partial charge in [-0.05, 0) is 12.5 Å². The van der Waals surface area contributed by atoms with Gasteiger partial charge in [0.05, 0.1) is 6.42 Å². The van der Waals surface area contributed by atoms with E-state index in [1.165, 1.54) is 12.4 Å². The second kappa shape index (κ2) is 5.60. The average Bonchev–Trinajstić information content (AvgIpc) is 2.32. The van der Waals surface area contributed by atoms with Crippen LogP contribution in [-0.2, 0) is 11.2 Å². The molecule has 5 heteroatoms. The summed E-state index contributed by atoms with van der Waals surface area (Å²) in [5.41, 5.74) is 2.07. The zero-order chi connectivity index (χ0) is 13.0. The molecule has 1 amide bonds. The van der Waals surface area contributed by atoms with Crippen molar-refractivity contribution in [3.8, 4) is 0 Å². The van der Waals surface area contributed by atoms with Crippen molar-refractivity contribution in [2.75, 3.05) is 5.32 Å². The SMILES string of the molecule is Cc1cccc(CC(=O)Nc2nccnc2Cl)c1. The van der Waals surface area contributed by atoms with Gasteiger partial charge in [0.1, 0.15) is 0 Å². The molecule has 2 rings (SSSR count). The molecule has 0 bridgehead atoms. The Morgan fingerprint density at radius 1 is 1.33 bits per heavy atom. The van der Waals surface area contributed by atoms with Gasteiger partial charge in [-0.2, -0.15) is 0 Å². The van der Waals surface area contributed by atoms with Crippen molar-refractivity contribution in [1.29, 1.82) is 0 Å². The maximum absolute atomic E-state index is 11.8. The number of carbonyl (C=O) groups excluding carboxylic acids is 1. The van der Waals surface area contributed by atoms with Crippen LogP contribution in [0.15, 0.2) is 36.7 Å². The van der Waals surface area contributed by atoms with Crippen LogP contribution < -0.4 is 5.32 Å². The first-order chi connectivity index (χ1) is 8.65. The monoisotopic (exact) mass is 261 g/mol. The first-order valence-electron chi connectivity index (χ1n) is 5.47. The Bertz CT molecular complexity index is 572. The van der Waals surface area contributed by atoms with E-state index < -0.39 is 0 Å². The molecule has 0 aliphatic carbocycles. The number of anilines is 1. The Labute approximate surface area is 110 Å². The predicted octanol–water partition coefficient (Wildman–Crippen LogP) is 2.62. The van der Waals surface area contributed by atoms with E-state index in [-0.39, 0.29) is 23.3 Å². The fraction of sp³-hybridized carbons (Fsp3) is 0.154. The van der Waals surface area contributed by atoms with Crippen molar-refractivity contribution in [1.82, 2.24) is 9.97 Å². The minimum absolute atomic E-state index is 0.164. The van der Waals surface area contributed by atoms with E-state index in [2.05, 4.69) is 15.3 Å². The molecule has 0 fully saturated rings. The lowest BCUT2D eigenvalue weighted by Gasteiger charge is -2.05. The van der Waals surface area contributed by atoms with Crippen molar-refractivity contribution < 1.29 is 4.79 Å². The van der Waals surface area contributed by atoms with Gasteiger partial charge in [-0.3, -0.25) is 4.79 Å². The summed E-state index contributed by atoms with van der Waals surface area (Å²) in [6.07, 6.45) is 3.24. The van der Waals surface area contributed by atoms with Gasteiger partial charge in [0, 0.05) is 12.4 Å². The van der Waals surface area contributed by atoms with Crippen LogP contribution in [0.25, 0.3) is 0 Å². The fourth-order valence-electron chi connectivity index (χ4n) is 1.59. The van der Waals surface area contributed by atoms with E-state index in [1.54, 1.807) is 0 Å². The first kappa shape index (κ1) is 12.5. The van der Waals surface area contributed by atoms with Crippen molar-refractivity contribution in [2.45, 2.75) is 13.3 Å². The van der Waals surface area contributed by atoms with Crippen LogP contribution in [0.3, 0.4) is 0 Å². The highest BCUT2D eigenvalue weighted by atomic mass is 35.5. The molecule has 1 N–H and O–H groups in total. The van der Waals surface area contributed by atoms with Crippen molar-refractivity contribution >= 4 is 23.3 Å². The van der Waals surface area contributed by atoms with Gasteiger partial charge in [0.25, 0.3) is 0 Å². The van der Waals surface area contributed by atoms with E-state index in [9.17, 15) is 4.79 Å². The molecular weight excluding hydrogens is 250 g/mol. The summed E-state index contributed by atoms with van der Waals surface area (Å²) in [6.45, 7) is 1.99. The lowest BCUT2D eigenvalue weighted by molar-refractivity contribution is -0.115. The number of halogens is 1. The molecule has 0 unspecified atom stereocenters. The Morgan fingerprint density at radius 2 is 2.11 bits per heavy atom. The summed E-state index contributed by atoms with van der Waals surface area (Å²) in [5.74, 6) is 0.125. The van der Waals surface area contributed by atoms with E-state index in [0.29, 0.717) is 0 Å². The Balaban J connectivity index is 2.03. The van der Waals surface area contributed by atoms with Crippen LogP contribution in [0, 0.1) is 6.92 Å². The molecule has 0 atom stereocenters. The van der Waals surface area contributed by atoms with Crippen molar-refractivity contribution in [3.05, 3.63) is 52.9 Å². The highest BCUT2D eigenvalue weighted by molar-refractivity contribution is 6.32. The number of nitrogens with one attached hydrogen (secondary N) is 1. The molecule has 0 radical (unpaired) electrons. The third kappa shape index (κ3) is 3.28. The Kier molecular flexibility index (Phi) is 3.89. The molecule has 92 valence electrons. The molecular formula is C13H12ClN3O. The molecule has 1 aromatic heterocycles. The predicted molar refractivity (Wildman–Crippen MR) is 70.6 cm³/mol. The molecule has 2 aromatic rings. The molecule has 18 heavy (non-hydrogen) atoms. The molecule has 0 aliphatic rings. The third-order valence-corrected chi connectivity index (χ3v) is 2.64. The average molecular weight is 262 g/mol. The number of carbonyl (C=O) groups is 1. The van der Waals surface area contributed by atoms with Gasteiger partial charge >= 0.3 is 0 Å². The minimum Gasteiger partial charge on any atom is -0.308 e. The maximum atomic E-state index is 11.8. The number of aryl methyl sites for hydroxylation is 1. The molecule has 0 saturated carbocycles. The molecule has 1 aromatic carbocycles.